The number of amides is 1. The van der Waals surface area contributed by atoms with E-state index in [1.807, 2.05) is 0 Å². The highest BCUT2D eigenvalue weighted by Crippen LogP contribution is 2.29. The van der Waals surface area contributed by atoms with Crippen LogP contribution in [0.2, 0.25) is 5.02 Å². The van der Waals surface area contributed by atoms with E-state index in [0.29, 0.717) is 22.9 Å². The van der Waals surface area contributed by atoms with E-state index >= 15 is 0 Å². The summed E-state index contributed by atoms with van der Waals surface area (Å²) in [6.45, 7) is 8.14. The highest BCUT2D eigenvalue weighted by Gasteiger charge is 2.32. The van der Waals surface area contributed by atoms with E-state index in [1.54, 1.807) is 18.3 Å². The van der Waals surface area contributed by atoms with Crippen LogP contribution in [0.1, 0.15) is 39.5 Å². The van der Waals surface area contributed by atoms with Crippen molar-refractivity contribution in [1.82, 2.24) is 14.8 Å². The van der Waals surface area contributed by atoms with Crippen LogP contribution in [-0.4, -0.2) is 59.0 Å². The highest BCUT2D eigenvalue weighted by atomic mass is 35.5. The molecule has 0 bridgehead atoms. The number of ether oxygens (including phenoxy) is 1. The molecule has 1 saturated heterocycles. The van der Waals surface area contributed by atoms with E-state index in [9.17, 15) is 4.79 Å². The van der Waals surface area contributed by atoms with Gasteiger partial charge in [0.15, 0.2) is 0 Å². The number of hydrogen-bond donors (Lipinski definition) is 0. The zero-order valence-corrected chi connectivity index (χ0v) is 15.9. The van der Waals surface area contributed by atoms with Crippen LogP contribution in [0.25, 0.3) is 0 Å². The second-order valence-electron chi connectivity index (χ2n) is 7.36. The predicted octanol–water partition coefficient (Wildman–Crippen LogP) is 3.23. The summed E-state index contributed by atoms with van der Waals surface area (Å²) in [4.78, 5) is 21.5. The minimum Gasteiger partial charge on any atom is -0.474 e. The summed E-state index contributed by atoms with van der Waals surface area (Å²) in [5.41, 5.74) is 0. The molecule has 0 radical (unpaired) electrons. The Morgan fingerprint density at radius 2 is 1.84 bits per heavy atom. The van der Waals surface area contributed by atoms with E-state index in [2.05, 4.69) is 28.6 Å². The van der Waals surface area contributed by atoms with Crippen LogP contribution in [0, 0.1) is 5.92 Å². The van der Waals surface area contributed by atoms with Gasteiger partial charge in [0.1, 0.15) is 6.10 Å². The molecule has 2 aliphatic rings. The third-order valence-electron chi connectivity index (χ3n) is 5.37. The van der Waals surface area contributed by atoms with Gasteiger partial charge in [-0.2, -0.15) is 0 Å². The quantitative estimate of drug-likeness (QED) is 0.821. The number of carbonyl (C=O) groups is 1. The van der Waals surface area contributed by atoms with Crippen LogP contribution in [0.15, 0.2) is 18.3 Å². The van der Waals surface area contributed by atoms with Crippen molar-refractivity contribution in [2.75, 3.05) is 26.2 Å². The number of piperazine rings is 1. The van der Waals surface area contributed by atoms with Crippen LogP contribution in [0.5, 0.6) is 5.88 Å². The van der Waals surface area contributed by atoms with Crippen LogP contribution < -0.4 is 4.74 Å². The number of hydrogen-bond acceptors (Lipinski definition) is 4. The Kier molecular flexibility index (Phi) is 6.18. The maximum Gasteiger partial charge on any atom is 0.225 e. The number of carbonyl (C=O) groups excluding carboxylic acids is 1. The molecule has 5 nitrogen and oxygen atoms in total. The SMILES string of the molecule is CC(C)N1CCN(C(=O)C2CCC(Oc3ccc(Cl)cn3)CC2)CC1. The molecule has 0 aromatic carbocycles. The number of nitrogens with zero attached hydrogens (tertiary/aromatic N) is 3. The molecule has 6 heteroatoms. The number of aromatic nitrogens is 1. The summed E-state index contributed by atoms with van der Waals surface area (Å²) < 4.78 is 5.92. The van der Waals surface area contributed by atoms with Gasteiger partial charge in [0, 0.05) is 50.4 Å². The molecule has 1 saturated carbocycles. The van der Waals surface area contributed by atoms with E-state index < -0.39 is 0 Å². The maximum absolute atomic E-state index is 12.8. The average Bonchev–Trinajstić information content (AvgIpc) is 2.64. The van der Waals surface area contributed by atoms with Gasteiger partial charge in [0.2, 0.25) is 11.8 Å². The molecule has 0 unspecified atom stereocenters. The molecule has 2 heterocycles. The second kappa shape index (κ2) is 8.37. The standard InChI is InChI=1S/C19H28ClN3O2/c1-14(2)22-9-11-23(12-10-22)19(24)15-3-6-17(7-4-15)25-18-8-5-16(20)13-21-18/h5,8,13-15,17H,3-4,6-7,9-12H2,1-2H3. The molecule has 1 aliphatic heterocycles. The first-order valence-electron chi connectivity index (χ1n) is 9.34. The molecule has 1 aromatic rings. The van der Waals surface area contributed by atoms with Gasteiger partial charge in [-0.05, 0) is 45.6 Å². The molecule has 0 spiro atoms. The average molecular weight is 366 g/mol. The minimum atomic E-state index is 0.149. The van der Waals surface area contributed by atoms with Crippen molar-refractivity contribution in [3.05, 3.63) is 23.4 Å². The normalized spacial score (nSPS) is 25.2. The first kappa shape index (κ1) is 18.5. The lowest BCUT2D eigenvalue weighted by Crippen LogP contribution is -2.52. The van der Waals surface area contributed by atoms with Crippen LogP contribution in [0.3, 0.4) is 0 Å². The van der Waals surface area contributed by atoms with Gasteiger partial charge in [0.25, 0.3) is 0 Å². The molecule has 25 heavy (non-hydrogen) atoms. The van der Waals surface area contributed by atoms with Crippen LogP contribution >= 0.6 is 11.6 Å². The van der Waals surface area contributed by atoms with E-state index in [-0.39, 0.29) is 12.0 Å². The summed E-state index contributed by atoms with van der Waals surface area (Å²) in [6.07, 6.45) is 5.38. The first-order valence-corrected chi connectivity index (χ1v) is 9.72. The lowest BCUT2D eigenvalue weighted by Gasteiger charge is -2.39. The van der Waals surface area contributed by atoms with E-state index in [1.165, 1.54) is 0 Å². The van der Waals surface area contributed by atoms with Crippen molar-refractivity contribution in [1.29, 1.82) is 0 Å². The fourth-order valence-corrected chi connectivity index (χ4v) is 3.86. The number of pyridine rings is 1. The Hall–Kier alpha value is -1.33. The topological polar surface area (TPSA) is 45.7 Å². The monoisotopic (exact) mass is 365 g/mol. The molecule has 3 rings (SSSR count). The molecule has 0 N–H and O–H groups in total. The van der Waals surface area contributed by atoms with Crippen molar-refractivity contribution in [3.8, 4) is 5.88 Å². The Balaban J connectivity index is 1.44. The van der Waals surface area contributed by atoms with Crippen LogP contribution in [0.4, 0.5) is 0 Å². The lowest BCUT2D eigenvalue weighted by atomic mass is 9.86. The fourth-order valence-electron chi connectivity index (χ4n) is 3.75. The largest absolute Gasteiger partial charge is 0.474 e. The molecule has 1 aromatic heterocycles. The Morgan fingerprint density at radius 3 is 2.40 bits per heavy atom. The van der Waals surface area contributed by atoms with Gasteiger partial charge in [-0.1, -0.05) is 11.6 Å². The van der Waals surface area contributed by atoms with E-state index in [0.717, 1.165) is 51.9 Å². The minimum absolute atomic E-state index is 0.149. The summed E-state index contributed by atoms with van der Waals surface area (Å²) in [7, 11) is 0. The van der Waals surface area contributed by atoms with Crippen molar-refractivity contribution in [2.24, 2.45) is 5.92 Å². The molecular weight excluding hydrogens is 338 g/mol. The smallest absolute Gasteiger partial charge is 0.225 e. The summed E-state index contributed by atoms with van der Waals surface area (Å²) >= 11 is 5.85. The van der Waals surface area contributed by atoms with Crippen molar-refractivity contribution in [3.63, 3.8) is 0 Å². The molecule has 1 aliphatic carbocycles. The Labute approximate surface area is 155 Å². The van der Waals surface area contributed by atoms with Crippen LogP contribution in [-0.2, 0) is 4.79 Å². The fraction of sp³-hybridized carbons (Fsp3) is 0.684. The highest BCUT2D eigenvalue weighted by molar-refractivity contribution is 6.30. The lowest BCUT2D eigenvalue weighted by molar-refractivity contribution is -0.139. The Bertz CT molecular complexity index is 563. The van der Waals surface area contributed by atoms with Gasteiger partial charge < -0.3 is 9.64 Å². The van der Waals surface area contributed by atoms with Gasteiger partial charge in [-0.25, -0.2) is 4.98 Å². The number of rotatable bonds is 4. The summed E-state index contributed by atoms with van der Waals surface area (Å²) in [6, 6.07) is 4.15. The number of halogens is 1. The molecule has 1 amide bonds. The predicted molar refractivity (Wildman–Crippen MR) is 98.9 cm³/mol. The van der Waals surface area contributed by atoms with Crippen molar-refractivity contribution in [2.45, 2.75) is 51.7 Å². The molecule has 2 fully saturated rings. The Morgan fingerprint density at radius 1 is 1.16 bits per heavy atom. The van der Waals surface area contributed by atoms with Gasteiger partial charge >= 0.3 is 0 Å². The third kappa shape index (κ3) is 4.85. The second-order valence-corrected chi connectivity index (χ2v) is 7.80. The first-order chi connectivity index (χ1) is 12.0. The molecular formula is C19H28ClN3O2. The van der Waals surface area contributed by atoms with Gasteiger partial charge in [0.05, 0.1) is 5.02 Å². The summed E-state index contributed by atoms with van der Waals surface area (Å²) in [5, 5.41) is 0.610. The molecule has 138 valence electrons. The van der Waals surface area contributed by atoms with E-state index in [4.69, 9.17) is 16.3 Å². The van der Waals surface area contributed by atoms with Crippen molar-refractivity contribution < 1.29 is 9.53 Å². The summed E-state index contributed by atoms with van der Waals surface area (Å²) in [5.74, 6) is 1.11. The van der Waals surface area contributed by atoms with Gasteiger partial charge in [-0.3, -0.25) is 9.69 Å². The third-order valence-corrected chi connectivity index (χ3v) is 5.59. The molecule has 0 atom stereocenters. The zero-order chi connectivity index (χ0) is 17.8. The zero-order valence-electron chi connectivity index (χ0n) is 15.2. The van der Waals surface area contributed by atoms with Crippen molar-refractivity contribution >= 4 is 17.5 Å². The maximum atomic E-state index is 12.8. The van der Waals surface area contributed by atoms with Gasteiger partial charge in [-0.15, -0.1) is 0 Å².